The van der Waals surface area contributed by atoms with Crippen molar-refractivity contribution in [3.63, 3.8) is 0 Å². The summed E-state index contributed by atoms with van der Waals surface area (Å²) < 4.78 is 41.0. The van der Waals surface area contributed by atoms with Gasteiger partial charge in [-0.05, 0) is 45.4 Å². The van der Waals surface area contributed by atoms with Gasteiger partial charge >= 0.3 is 6.18 Å². The van der Waals surface area contributed by atoms with Crippen molar-refractivity contribution in [1.82, 2.24) is 14.5 Å². The van der Waals surface area contributed by atoms with Gasteiger partial charge in [0.15, 0.2) is 0 Å². The molecule has 1 aliphatic heterocycles. The minimum atomic E-state index is -4.43. The third-order valence-electron chi connectivity index (χ3n) is 4.91. The maximum absolute atomic E-state index is 13.2. The first kappa shape index (κ1) is 19.4. The van der Waals surface area contributed by atoms with Crippen molar-refractivity contribution in [2.75, 3.05) is 11.6 Å². The molecule has 0 bridgehead atoms. The summed E-state index contributed by atoms with van der Waals surface area (Å²) in [6, 6.07) is 5.24. The molecule has 1 aliphatic rings. The van der Waals surface area contributed by atoms with E-state index in [1.165, 1.54) is 6.07 Å². The first-order valence-corrected chi connectivity index (χ1v) is 8.92. The van der Waals surface area contributed by atoms with E-state index in [1.54, 1.807) is 22.5 Å². The van der Waals surface area contributed by atoms with Gasteiger partial charge in [-0.2, -0.15) is 13.2 Å². The van der Waals surface area contributed by atoms with Crippen LogP contribution in [0.1, 0.15) is 37.6 Å². The molecule has 0 spiro atoms. The summed E-state index contributed by atoms with van der Waals surface area (Å²) in [5, 5.41) is 0. The van der Waals surface area contributed by atoms with Gasteiger partial charge in [0.25, 0.3) is 5.56 Å². The number of anilines is 2. The van der Waals surface area contributed by atoms with Crippen molar-refractivity contribution >= 4 is 11.6 Å². The van der Waals surface area contributed by atoms with Crippen LogP contribution in [-0.2, 0) is 19.3 Å². The lowest BCUT2D eigenvalue weighted by atomic mass is 10.1. The highest BCUT2D eigenvalue weighted by atomic mass is 19.4. The Morgan fingerprint density at radius 3 is 2.52 bits per heavy atom. The number of alkyl halides is 3. The van der Waals surface area contributed by atoms with E-state index in [2.05, 4.69) is 4.98 Å². The van der Waals surface area contributed by atoms with Crippen molar-refractivity contribution in [3.05, 3.63) is 51.4 Å². The van der Waals surface area contributed by atoms with Crippen molar-refractivity contribution in [2.24, 2.45) is 0 Å². The molecule has 0 aliphatic carbocycles. The molecule has 0 saturated heterocycles. The molecule has 27 heavy (non-hydrogen) atoms. The monoisotopic (exact) mass is 380 g/mol. The molecule has 2 heterocycles. The minimum Gasteiger partial charge on any atom is -0.298 e. The van der Waals surface area contributed by atoms with E-state index >= 15 is 0 Å². The van der Waals surface area contributed by atoms with E-state index in [9.17, 15) is 18.0 Å². The number of aromatic nitrogens is 2. The third kappa shape index (κ3) is 3.58. The molecule has 0 amide bonds. The van der Waals surface area contributed by atoms with Crippen LogP contribution in [0.15, 0.2) is 29.1 Å². The maximum atomic E-state index is 13.2. The predicted molar refractivity (Wildman–Crippen MR) is 98.0 cm³/mol. The van der Waals surface area contributed by atoms with Gasteiger partial charge in [0, 0.05) is 23.0 Å². The van der Waals surface area contributed by atoms with E-state index in [1.807, 2.05) is 25.7 Å². The predicted octanol–water partition coefficient (Wildman–Crippen LogP) is 3.91. The van der Waals surface area contributed by atoms with Crippen LogP contribution in [0.25, 0.3) is 0 Å². The highest BCUT2D eigenvalue weighted by Gasteiger charge is 2.33. The van der Waals surface area contributed by atoms with Crippen molar-refractivity contribution in [1.29, 1.82) is 0 Å². The third-order valence-corrected chi connectivity index (χ3v) is 4.91. The highest BCUT2D eigenvalue weighted by Crippen LogP contribution is 2.34. The van der Waals surface area contributed by atoms with Gasteiger partial charge in [0.1, 0.15) is 0 Å². The summed E-state index contributed by atoms with van der Waals surface area (Å²) in [7, 11) is 0. The summed E-state index contributed by atoms with van der Waals surface area (Å²) in [6.45, 7) is 8.36. The molecule has 146 valence electrons. The standard InChI is InChI=1S/C19H23F3N4O/c1-5-16-13(4)23-18-25(10-24(12(2)3)11-26(18)17(16)27)15-8-6-7-14(9-15)19(20,21)22/h6-9,12H,5,10-11H2,1-4H3. The number of halogens is 3. The van der Waals surface area contributed by atoms with E-state index in [4.69, 9.17) is 0 Å². The fraction of sp³-hybridized carbons (Fsp3) is 0.474. The number of benzene rings is 1. The second kappa shape index (κ2) is 6.99. The molecule has 0 atom stereocenters. The van der Waals surface area contributed by atoms with Crippen molar-refractivity contribution in [3.8, 4) is 0 Å². The van der Waals surface area contributed by atoms with Crippen LogP contribution >= 0.6 is 0 Å². The largest absolute Gasteiger partial charge is 0.416 e. The first-order chi connectivity index (χ1) is 12.6. The van der Waals surface area contributed by atoms with Gasteiger partial charge in [-0.15, -0.1) is 0 Å². The number of nitrogens with zero attached hydrogens (tertiary/aromatic N) is 4. The minimum absolute atomic E-state index is 0.115. The van der Waals surface area contributed by atoms with E-state index in [-0.39, 0.29) is 11.6 Å². The Labute approximate surface area is 156 Å². The zero-order valence-electron chi connectivity index (χ0n) is 15.8. The maximum Gasteiger partial charge on any atom is 0.416 e. The van der Waals surface area contributed by atoms with Crippen LogP contribution in [0.4, 0.5) is 24.8 Å². The van der Waals surface area contributed by atoms with Crippen LogP contribution in [0.3, 0.4) is 0 Å². The smallest absolute Gasteiger partial charge is 0.298 e. The molecule has 0 saturated carbocycles. The molecule has 2 aromatic rings. The van der Waals surface area contributed by atoms with Gasteiger partial charge in [-0.1, -0.05) is 13.0 Å². The Morgan fingerprint density at radius 1 is 1.22 bits per heavy atom. The van der Waals surface area contributed by atoms with Crippen LogP contribution < -0.4 is 10.5 Å². The Morgan fingerprint density at radius 2 is 1.93 bits per heavy atom. The number of hydrogen-bond acceptors (Lipinski definition) is 4. The lowest BCUT2D eigenvalue weighted by Gasteiger charge is -2.40. The Hall–Kier alpha value is -2.35. The summed E-state index contributed by atoms with van der Waals surface area (Å²) in [5.74, 6) is 0.380. The van der Waals surface area contributed by atoms with Gasteiger partial charge in [-0.25, -0.2) is 4.98 Å². The number of hydrogen-bond donors (Lipinski definition) is 0. The molecule has 5 nitrogen and oxygen atoms in total. The average molecular weight is 380 g/mol. The zero-order chi connectivity index (χ0) is 19.9. The SMILES string of the molecule is CCc1c(C)nc2n(c1=O)CN(C(C)C)CN2c1cccc(C(F)(F)F)c1. The van der Waals surface area contributed by atoms with E-state index in [0.29, 0.717) is 42.7 Å². The molecule has 0 fully saturated rings. The summed E-state index contributed by atoms with van der Waals surface area (Å²) >= 11 is 0. The molecule has 0 radical (unpaired) electrons. The fourth-order valence-electron chi connectivity index (χ4n) is 3.27. The lowest BCUT2D eigenvalue weighted by molar-refractivity contribution is -0.137. The normalized spacial score (nSPS) is 15.3. The second-order valence-electron chi connectivity index (χ2n) is 7.00. The number of aryl methyl sites for hydroxylation is 1. The van der Waals surface area contributed by atoms with Gasteiger partial charge in [0.2, 0.25) is 5.95 Å². The Kier molecular flexibility index (Phi) is 5.03. The average Bonchev–Trinajstić information content (AvgIpc) is 2.60. The van der Waals surface area contributed by atoms with Gasteiger partial charge < -0.3 is 0 Å². The number of rotatable bonds is 3. The van der Waals surface area contributed by atoms with Gasteiger partial charge in [0.05, 0.1) is 18.9 Å². The molecular weight excluding hydrogens is 357 g/mol. The molecular formula is C19H23F3N4O. The molecule has 1 aromatic carbocycles. The lowest BCUT2D eigenvalue weighted by Crippen LogP contribution is -2.50. The van der Waals surface area contributed by atoms with E-state index < -0.39 is 11.7 Å². The summed E-state index contributed by atoms with van der Waals surface area (Å²) in [4.78, 5) is 21.2. The Balaban J connectivity index is 2.19. The summed E-state index contributed by atoms with van der Waals surface area (Å²) in [5.41, 5.74) is 0.747. The topological polar surface area (TPSA) is 41.4 Å². The first-order valence-electron chi connectivity index (χ1n) is 8.92. The van der Waals surface area contributed by atoms with Crippen molar-refractivity contribution < 1.29 is 13.2 Å². The van der Waals surface area contributed by atoms with E-state index in [0.717, 1.165) is 12.1 Å². The van der Waals surface area contributed by atoms with Crippen LogP contribution in [0, 0.1) is 6.92 Å². The van der Waals surface area contributed by atoms with Crippen LogP contribution in [-0.4, -0.2) is 27.2 Å². The fourth-order valence-corrected chi connectivity index (χ4v) is 3.27. The van der Waals surface area contributed by atoms with Crippen LogP contribution in [0.2, 0.25) is 0 Å². The molecule has 0 unspecified atom stereocenters. The number of fused-ring (bicyclic) bond motifs is 1. The van der Waals surface area contributed by atoms with Crippen LogP contribution in [0.5, 0.6) is 0 Å². The molecule has 8 heteroatoms. The van der Waals surface area contributed by atoms with Gasteiger partial charge in [-0.3, -0.25) is 19.2 Å². The highest BCUT2D eigenvalue weighted by molar-refractivity contribution is 5.59. The van der Waals surface area contributed by atoms with Crippen molar-refractivity contribution in [2.45, 2.75) is 53.0 Å². The molecule has 3 rings (SSSR count). The zero-order valence-corrected chi connectivity index (χ0v) is 15.8. The summed E-state index contributed by atoms with van der Waals surface area (Å²) in [6.07, 6.45) is -3.87. The quantitative estimate of drug-likeness (QED) is 0.810. The Bertz CT molecular complexity index is 905. The molecule has 1 aromatic heterocycles. The molecule has 0 N–H and O–H groups in total. The second-order valence-corrected chi connectivity index (χ2v) is 7.00.